The van der Waals surface area contributed by atoms with Crippen molar-refractivity contribution in [1.82, 2.24) is 0 Å². The molecular weight excluding hydrogens is 235 g/mol. The number of rotatable bonds is 6. The fourth-order valence-electron chi connectivity index (χ4n) is 1.26. The van der Waals surface area contributed by atoms with Gasteiger partial charge in [-0.25, -0.2) is 0 Å². The number of unbranched alkanes of at least 4 members (excludes halogenated alkanes) is 1. The van der Waals surface area contributed by atoms with Gasteiger partial charge in [0.15, 0.2) is 0 Å². The van der Waals surface area contributed by atoms with Gasteiger partial charge in [0.25, 0.3) is 0 Å². The second-order valence-corrected chi connectivity index (χ2v) is 7.76. The molecular formula is C12H19AsO. The Hall–Kier alpha value is -0.262. The first-order valence-corrected chi connectivity index (χ1v) is 8.37. The maximum atomic E-state index is 5.96. The van der Waals surface area contributed by atoms with Gasteiger partial charge >= 0.3 is 91.9 Å². The molecule has 0 aliphatic rings. The first-order valence-electron chi connectivity index (χ1n) is 5.34. The van der Waals surface area contributed by atoms with E-state index in [-0.39, 0.29) is 0 Å². The van der Waals surface area contributed by atoms with Crippen molar-refractivity contribution in [2.75, 3.05) is 6.61 Å². The van der Waals surface area contributed by atoms with Gasteiger partial charge in [0, 0.05) is 0 Å². The molecule has 0 saturated heterocycles. The summed E-state index contributed by atoms with van der Waals surface area (Å²) in [5.41, 5.74) is 0. The number of hydrogen-bond donors (Lipinski definition) is 0. The average Bonchev–Trinajstić information content (AvgIpc) is 2.26. The third-order valence-corrected chi connectivity index (χ3v) is 6.15. The molecule has 0 bridgehead atoms. The first-order chi connectivity index (χ1) is 6.88. The van der Waals surface area contributed by atoms with E-state index in [1.807, 2.05) is 0 Å². The van der Waals surface area contributed by atoms with Gasteiger partial charge in [0.05, 0.1) is 0 Å². The molecule has 0 aliphatic carbocycles. The summed E-state index contributed by atoms with van der Waals surface area (Å²) in [5.74, 6) is 0. The number of hydrogen-bond acceptors (Lipinski definition) is 1. The van der Waals surface area contributed by atoms with Gasteiger partial charge in [-0.2, -0.15) is 0 Å². The van der Waals surface area contributed by atoms with Crippen LogP contribution in [0.2, 0.25) is 5.21 Å². The summed E-state index contributed by atoms with van der Waals surface area (Å²) in [7, 11) is 0. The molecule has 1 rings (SSSR count). The van der Waals surface area contributed by atoms with E-state index in [4.69, 9.17) is 3.73 Å². The van der Waals surface area contributed by atoms with E-state index in [1.54, 1.807) is 0 Å². The topological polar surface area (TPSA) is 9.23 Å². The standard InChI is InChI=1S/C12H19AsO/c1-3-5-11-14-13(4-2)12-9-7-6-8-10-12/h6-10H,3-5,11H2,1-2H3. The van der Waals surface area contributed by atoms with Gasteiger partial charge in [-0.15, -0.1) is 0 Å². The Kier molecular flexibility index (Phi) is 5.98. The van der Waals surface area contributed by atoms with Crippen molar-refractivity contribution in [3.05, 3.63) is 30.3 Å². The van der Waals surface area contributed by atoms with E-state index in [9.17, 15) is 0 Å². The normalized spacial score (nSPS) is 12.7. The Bertz CT molecular complexity index is 235. The second-order valence-electron chi connectivity index (χ2n) is 3.22. The van der Waals surface area contributed by atoms with Crippen molar-refractivity contribution in [1.29, 1.82) is 0 Å². The summed E-state index contributed by atoms with van der Waals surface area (Å²) < 4.78 is 7.41. The zero-order valence-corrected chi connectivity index (χ0v) is 10.9. The van der Waals surface area contributed by atoms with Crippen LogP contribution in [0.15, 0.2) is 30.3 Å². The Morgan fingerprint density at radius 3 is 2.43 bits per heavy atom. The molecule has 0 spiro atoms. The van der Waals surface area contributed by atoms with Crippen molar-refractivity contribution < 1.29 is 3.73 Å². The molecule has 0 radical (unpaired) electrons. The van der Waals surface area contributed by atoms with Crippen LogP contribution in [0.4, 0.5) is 0 Å². The molecule has 1 aromatic carbocycles. The van der Waals surface area contributed by atoms with Crippen LogP contribution in [-0.2, 0) is 3.73 Å². The Morgan fingerprint density at radius 1 is 1.14 bits per heavy atom. The summed E-state index contributed by atoms with van der Waals surface area (Å²) in [6.45, 7) is 5.38. The van der Waals surface area contributed by atoms with Crippen LogP contribution in [-0.4, -0.2) is 21.6 Å². The van der Waals surface area contributed by atoms with Gasteiger partial charge in [-0.05, 0) is 0 Å². The van der Waals surface area contributed by atoms with E-state index in [0.717, 1.165) is 6.61 Å². The SMILES string of the molecule is CCCCO[As](CC)c1ccccc1. The summed E-state index contributed by atoms with van der Waals surface area (Å²) in [4.78, 5) is 0. The van der Waals surface area contributed by atoms with Crippen LogP contribution < -0.4 is 4.35 Å². The van der Waals surface area contributed by atoms with E-state index in [1.165, 1.54) is 22.4 Å². The van der Waals surface area contributed by atoms with Crippen LogP contribution in [0, 0.1) is 0 Å². The molecule has 0 aliphatic heterocycles. The van der Waals surface area contributed by atoms with Gasteiger partial charge in [-0.1, -0.05) is 0 Å². The quantitative estimate of drug-likeness (QED) is 0.560. The van der Waals surface area contributed by atoms with E-state index < -0.39 is 15.0 Å². The predicted octanol–water partition coefficient (Wildman–Crippen LogP) is 2.72. The monoisotopic (exact) mass is 254 g/mol. The maximum absolute atomic E-state index is 5.96. The molecule has 0 amide bonds. The third kappa shape index (κ3) is 3.86. The van der Waals surface area contributed by atoms with Crippen molar-refractivity contribution in [3.63, 3.8) is 0 Å². The number of benzene rings is 1. The molecule has 1 nitrogen and oxygen atoms in total. The molecule has 14 heavy (non-hydrogen) atoms. The second kappa shape index (κ2) is 7.09. The molecule has 1 atom stereocenters. The minimum absolute atomic E-state index is 0.944. The van der Waals surface area contributed by atoms with Gasteiger partial charge in [-0.3, -0.25) is 0 Å². The summed E-state index contributed by atoms with van der Waals surface area (Å²) in [5, 5.41) is 1.20. The molecule has 0 saturated carbocycles. The van der Waals surface area contributed by atoms with Crippen LogP contribution in [0.5, 0.6) is 0 Å². The van der Waals surface area contributed by atoms with Crippen LogP contribution in [0.25, 0.3) is 0 Å². The molecule has 0 fully saturated rings. The minimum atomic E-state index is -1.17. The molecule has 78 valence electrons. The molecule has 0 aromatic heterocycles. The Labute approximate surface area is 92.1 Å². The Morgan fingerprint density at radius 2 is 1.86 bits per heavy atom. The van der Waals surface area contributed by atoms with Crippen LogP contribution >= 0.6 is 0 Å². The molecule has 0 heterocycles. The molecule has 1 aromatic rings. The van der Waals surface area contributed by atoms with Crippen LogP contribution in [0.3, 0.4) is 0 Å². The van der Waals surface area contributed by atoms with Crippen molar-refractivity contribution in [2.45, 2.75) is 31.9 Å². The average molecular weight is 254 g/mol. The van der Waals surface area contributed by atoms with E-state index in [0.29, 0.717) is 0 Å². The van der Waals surface area contributed by atoms with Crippen LogP contribution in [0.1, 0.15) is 26.7 Å². The molecule has 2 heteroatoms. The summed E-state index contributed by atoms with van der Waals surface area (Å²) in [6.07, 6.45) is 2.42. The van der Waals surface area contributed by atoms with E-state index in [2.05, 4.69) is 44.2 Å². The zero-order chi connectivity index (χ0) is 10.2. The molecule has 0 N–H and O–H groups in total. The third-order valence-electron chi connectivity index (χ3n) is 2.08. The zero-order valence-electron chi connectivity index (χ0n) is 9.07. The Balaban J connectivity index is 2.46. The first kappa shape index (κ1) is 11.8. The fraction of sp³-hybridized carbons (Fsp3) is 0.500. The van der Waals surface area contributed by atoms with Crippen molar-refractivity contribution in [2.24, 2.45) is 0 Å². The van der Waals surface area contributed by atoms with Gasteiger partial charge in [0.1, 0.15) is 0 Å². The fourth-order valence-corrected chi connectivity index (χ4v) is 4.52. The summed E-state index contributed by atoms with van der Waals surface area (Å²) >= 11 is -1.17. The molecule has 1 unspecified atom stereocenters. The van der Waals surface area contributed by atoms with Gasteiger partial charge in [0.2, 0.25) is 0 Å². The summed E-state index contributed by atoms with van der Waals surface area (Å²) in [6, 6.07) is 10.7. The van der Waals surface area contributed by atoms with Crippen molar-refractivity contribution in [3.8, 4) is 0 Å². The van der Waals surface area contributed by atoms with E-state index >= 15 is 0 Å². The predicted molar refractivity (Wildman–Crippen MR) is 63.2 cm³/mol. The van der Waals surface area contributed by atoms with Crippen molar-refractivity contribution >= 4 is 19.3 Å². The van der Waals surface area contributed by atoms with Gasteiger partial charge < -0.3 is 0 Å².